The highest BCUT2D eigenvalue weighted by Crippen LogP contribution is 2.40. The standard InChI is InChI=1S/C15H16F3NO3/c16-15(17,18)11-5-1-3-9(7-11)13(20)19-12-6-2-4-10(8-12)14(21)22/h2,4,6,8-9,11H,1,3,5,7H2,(H,19,20)(H,21,22). The van der Waals surface area contributed by atoms with E-state index in [1.165, 1.54) is 24.3 Å². The van der Waals surface area contributed by atoms with Gasteiger partial charge in [0.25, 0.3) is 0 Å². The Balaban J connectivity index is 2.03. The molecule has 1 saturated carbocycles. The number of amides is 1. The molecule has 1 aliphatic carbocycles. The van der Waals surface area contributed by atoms with Crippen molar-refractivity contribution in [3.8, 4) is 0 Å². The van der Waals surface area contributed by atoms with Gasteiger partial charge < -0.3 is 10.4 Å². The Morgan fingerprint density at radius 1 is 1.23 bits per heavy atom. The van der Waals surface area contributed by atoms with E-state index in [9.17, 15) is 22.8 Å². The minimum Gasteiger partial charge on any atom is -0.478 e. The molecule has 1 fully saturated rings. The summed E-state index contributed by atoms with van der Waals surface area (Å²) in [5.41, 5.74) is 0.286. The van der Waals surface area contributed by atoms with Gasteiger partial charge in [-0.1, -0.05) is 12.5 Å². The number of anilines is 1. The Morgan fingerprint density at radius 2 is 1.95 bits per heavy atom. The molecule has 0 heterocycles. The third-order valence-electron chi connectivity index (χ3n) is 3.88. The van der Waals surface area contributed by atoms with Gasteiger partial charge in [-0.05, 0) is 37.5 Å². The van der Waals surface area contributed by atoms with Gasteiger partial charge in [0.2, 0.25) is 5.91 Å². The summed E-state index contributed by atoms with van der Waals surface area (Å²) in [6.45, 7) is 0. The first-order chi connectivity index (χ1) is 10.3. The second kappa shape index (κ2) is 6.37. The van der Waals surface area contributed by atoms with Crippen LogP contribution < -0.4 is 5.32 Å². The Morgan fingerprint density at radius 3 is 2.59 bits per heavy atom. The molecule has 1 aromatic carbocycles. The van der Waals surface area contributed by atoms with Crippen molar-refractivity contribution in [2.45, 2.75) is 31.9 Å². The summed E-state index contributed by atoms with van der Waals surface area (Å²) in [6.07, 6.45) is -3.66. The van der Waals surface area contributed by atoms with Crippen molar-refractivity contribution in [1.82, 2.24) is 0 Å². The number of halogens is 3. The number of carboxylic acids is 1. The van der Waals surface area contributed by atoms with E-state index >= 15 is 0 Å². The van der Waals surface area contributed by atoms with Crippen LogP contribution >= 0.6 is 0 Å². The first-order valence-corrected chi connectivity index (χ1v) is 6.98. The summed E-state index contributed by atoms with van der Waals surface area (Å²) in [4.78, 5) is 23.0. The summed E-state index contributed by atoms with van der Waals surface area (Å²) in [7, 11) is 0. The van der Waals surface area contributed by atoms with E-state index in [2.05, 4.69) is 5.32 Å². The SMILES string of the molecule is O=C(O)c1cccc(NC(=O)C2CCCC(C(F)(F)F)C2)c1. The number of benzene rings is 1. The molecule has 22 heavy (non-hydrogen) atoms. The quantitative estimate of drug-likeness (QED) is 0.894. The Bertz CT molecular complexity index is 571. The van der Waals surface area contributed by atoms with E-state index in [-0.39, 0.29) is 24.1 Å². The normalized spacial score (nSPS) is 22.1. The summed E-state index contributed by atoms with van der Waals surface area (Å²) >= 11 is 0. The first kappa shape index (κ1) is 16.3. The van der Waals surface area contributed by atoms with Gasteiger partial charge in [0.05, 0.1) is 11.5 Å². The number of aromatic carboxylic acids is 1. The minimum atomic E-state index is -4.28. The van der Waals surface area contributed by atoms with Gasteiger partial charge in [-0.2, -0.15) is 13.2 Å². The Kier molecular flexibility index (Phi) is 4.73. The number of carbonyl (C=O) groups excluding carboxylic acids is 1. The lowest BCUT2D eigenvalue weighted by molar-refractivity contribution is -0.185. The zero-order chi connectivity index (χ0) is 16.3. The highest BCUT2D eigenvalue weighted by molar-refractivity contribution is 5.95. The maximum atomic E-state index is 12.7. The molecule has 0 aromatic heterocycles. The number of hydrogen-bond donors (Lipinski definition) is 2. The highest BCUT2D eigenvalue weighted by atomic mass is 19.4. The molecule has 1 aliphatic rings. The Labute approximate surface area is 125 Å². The van der Waals surface area contributed by atoms with Crippen LogP contribution in [0.15, 0.2) is 24.3 Å². The number of alkyl halides is 3. The fourth-order valence-corrected chi connectivity index (χ4v) is 2.70. The molecule has 0 aliphatic heterocycles. The van der Waals surface area contributed by atoms with Crippen molar-refractivity contribution in [2.24, 2.45) is 11.8 Å². The van der Waals surface area contributed by atoms with E-state index in [1.54, 1.807) is 0 Å². The molecule has 0 bridgehead atoms. The topological polar surface area (TPSA) is 66.4 Å². The molecule has 1 amide bonds. The van der Waals surface area contributed by atoms with E-state index < -0.39 is 29.9 Å². The fourth-order valence-electron chi connectivity index (χ4n) is 2.70. The molecule has 0 saturated heterocycles. The predicted molar refractivity (Wildman–Crippen MR) is 73.5 cm³/mol. The fraction of sp³-hybridized carbons (Fsp3) is 0.467. The van der Waals surface area contributed by atoms with Crippen molar-refractivity contribution in [2.75, 3.05) is 5.32 Å². The molecule has 2 atom stereocenters. The molecule has 4 nitrogen and oxygen atoms in total. The van der Waals surface area contributed by atoms with Crippen LogP contribution in [0.4, 0.5) is 18.9 Å². The summed E-state index contributed by atoms with van der Waals surface area (Å²) < 4.78 is 38.2. The third kappa shape index (κ3) is 3.99. The zero-order valence-corrected chi connectivity index (χ0v) is 11.7. The van der Waals surface area contributed by atoms with E-state index in [1.807, 2.05) is 0 Å². The van der Waals surface area contributed by atoms with Gasteiger partial charge in [-0.15, -0.1) is 0 Å². The number of carbonyl (C=O) groups is 2. The molecule has 0 radical (unpaired) electrons. The molecular weight excluding hydrogens is 299 g/mol. The maximum absolute atomic E-state index is 12.7. The average molecular weight is 315 g/mol. The van der Waals surface area contributed by atoms with Crippen LogP contribution in [0.2, 0.25) is 0 Å². The molecule has 7 heteroatoms. The smallest absolute Gasteiger partial charge is 0.391 e. The number of nitrogens with one attached hydrogen (secondary N) is 1. The van der Waals surface area contributed by atoms with Crippen molar-refractivity contribution in [3.63, 3.8) is 0 Å². The third-order valence-corrected chi connectivity index (χ3v) is 3.88. The van der Waals surface area contributed by atoms with Gasteiger partial charge in [-0.25, -0.2) is 4.79 Å². The molecule has 2 rings (SSSR count). The van der Waals surface area contributed by atoms with Crippen LogP contribution in [0.25, 0.3) is 0 Å². The van der Waals surface area contributed by atoms with Crippen LogP contribution in [-0.4, -0.2) is 23.2 Å². The lowest BCUT2D eigenvalue weighted by Crippen LogP contribution is -2.34. The largest absolute Gasteiger partial charge is 0.478 e. The van der Waals surface area contributed by atoms with Crippen LogP contribution in [0.3, 0.4) is 0 Å². The van der Waals surface area contributed by atoms with Gasteiger partial charge in [0.15, 0.2) is 0 Å². The van der Waals surface area contributed by atoms with Crippen LogP contribution in [0.5, 0.6) is 0 Å². The number of rotatable bonds is 3. The lowest BCUT2D eigenvalue weighted by atomic mass is 9.80. The lowest BCUT2D eigenvalue weighted by Gasteiger charge is -2.29. The van der Waals surface area contributed by atoms with Crippen LogP contribution in [0, 0.1) is 11.8 Å². The molecule has 2 N–H and O–H groups in total. The van der Waals surface area contributed by atoms with E-state index in [0.29, 0.717) is 12.8 Å². The summed E-state index contributed by atoms with van der Waals surface area (Å²) in [5.74, 6) is -3.77. The minimum absolute atomic E-state index is 0.00890. The maximum Gasteiger partial charge on any atom is 0.391 e. The second-order valence-electron chi connectivity index (χ2n) is 5.48. The zero-order valence-electron chi connectivity index (χ0n) is 11.7. The van der Waals surface area contributed by atoms with Crippen molar-refractivity contribution in [3.05, 3.63) is 29.8 Å². The highest BCUT2D eigenvalue weighted by Gasteiger charge is 2.43. The monoisotopic (exact) mass is 315 g/mol. The molecule has 2 unspecified atom stereocenters. The summed E-state index contributed by atoms with van der Waals surface area (Å²) in [6, 6.07) is 5.63. The molecule has 1 aromatic rings. The van der Waals surface area contributed by atoms with Gasteiger partial charge in [0.1, 0.15) is 0 Å². The van der Waals surface area contributed by atoms with Crippen LogP contribution in [0.1, 0.15) is 36.0 Å². The number of carboxylic acid groups (broad SMARTS) is 1. The average Bonchev–Trinajstić information content (AvgIpc) is 2.46. The Hall–Kier alpha value is -2.05. The van der Waals surface area contributed by atoms with Crippen molar-refractivity contribution >= 4 is 17.6 Å². The van der Waals surface area contributed by atoms with Crippen LogP contribution in [-0.2, 0) is 4.79 Å². The molecule has 0 spiro atoms. The second-order valence-corrected chi connectivity index (χ2v) is 5.48. The van der Waals surface area contributed by atoms with Crippen molar-refractivity contribution in [1.29, 1.82) is 0 Å². The van der Waals surface area contributed by atoms with E-state index in [4.69, 9.17) is 5.11 Å². The molecular formula is C15H16F3NO3. The van der Waals surface area contributed by atoms with Gasteiger partial charge in [0, 0.05) is 11.6 Å². The first-order valence-electron chi connectivity index (χ1n) is 6.98. The van der Waals surface area contributed by atoms with Crippen molar-refractivity contribution < 1.29 is 27.9 Å². The van der Waals surface area contributed by atoms with Gasteiger partial charge >= 0.3 is 12.1 Å². The van der Waals surface area contributed by atoms with Gasteiger partial charge in [-0.3, -0.25) is 4.79 Å². The predicted octanol–water partition coefficient (Wildman–Crippen LogP) is 3.69. The summed E-state index contributed by atoms with van der Waals surface area (Å²) in [5, 5.41) is 11.4. The number of hydrogen-bond acceptors (Lipinski definition) is 2. The van der Waals surface area contributed by atoms with E-state index in [0.717, 1.165) is 0 Å². The molecule has 120 valence electrons.